The van der Waals surface area contributed by atoms with E-state index in [1.165, 1.54) is 0 Å². The molecule has 0 saturated carbocycles. The summed E-state index contributed by atoms with van der Waals surface area (Å²) >= 11 is 0. The van der Waals surface area contributed by atoms with Crippen LogP contribution in [-0.2, 0) is 13.0 Å². The van der Waals surface area contributed by atoms with Crippen molar-refractivity contribution in [2.75, 3.05) is 11.9 Å². The van der Waals surface area contributed by atoms with Crippen molar-refractivity contribution in [1.29, 1.82) is 0 Å². The highest BCUT2D eigenvalue weighted by Crippen LogP contribution is 2.25. The van der Waals surface area contributed by atoms with E-state index in [1.807, 2.05) is 49.4 Å². The zero-order valence-electron chi connectivity index (χ0n) is 20.1. The van der Waals surface area contributed by atoms with Crippen molar-refractivity contribution in [3.05, 3.63) is 107 Å². The Bertz CT molecular complexity index is 1330. The summed E-state index contributed by atoms with van der Waals surface area (Å²) in [5.41, 5.74) is 16.4. The first-order valence-corrected chi connectivity index (χ1v) is 11.9. The van der Waals surface area contributed by atoms with Crippen LogP contribution >= 0.6 is 0 Å². The molecule has 36 heavy (non-hydrogen) atoms. The summed E-state index contributed by atoms with van der Waals surface area (Å²) in [6.07, 6.45) is 2.34. The van der Waals surface area contributed by atoms with Gasteiger partial charge in [-0.05, 0) is 42.7 Å². The number of amides is 2. The Morgan fingerprint density at radius 2 is 1.75 bits per heavy atom. The van der Waals surface area contributed by atoms with Crippen LogP contribution in [0.1, 0.15) is 50.6 Å². The van der Waals surface area contributed by atoms with Gasteiger partial charge in [-0.3, -0.25) is 9.59 Å². The molecule has 1 atom stereocenters. The van der Waals surface area contributed by atoms with Gasteiger partial charge in [0.2, 0.25) is 5.91 Å². The number of para-hydroxylation sites is 1. The first kappa shape index (κ1) is 24.7. The lowest BCUT2D eigenvalue weighted by atomic mass is 10.0. The van der Waals surface area contributed by atoms with E-state index in [1.54, 1.807) is 36.5 Å². The monoisotopic (exact) mass is 482 g/mol. The van der Waals surface area contributed by atoms with Gasteiger partial charge in [-0.1, -0.05) is 54.6 Å². The van der Waals surface area contributed by atoms with Gasteiger partial charge >= 0.3 is 0 Å². The lowest BCUT2D eigenvalue weighted by molar-refractivity contribution is 0.0934. The Balaban J connectivity index is 1.64. The van der Waals surface area contributed by atoms with E-state index in [2.05, 4.69) is 15.6 Å². The molecule has 4 aromatic rings. The molecule has 2 amide bonds. The van der Waals surface area contributed by atoms with Gasteiger partial charge < -0.3 is 27.1 Å². The largest absolute Gasteiger partial charge is 0.384 e. The van der Waals surface area contributed by atoms with Gasteiger partial charge in [-0.2, -0.15) is 0 Å². The van der Waals surface area contributed by atoms with Crippen LogP contribution in [0.5, 0.6) is 0 Å². The maximum absolute atomic E-state index is 13.5. The van der Waals surface area contributed by atoms with Crippen molar-refractivity contribution in [1.82, 2.24) is 15.3 Å². The van der Waals surface area contributed by atoms with Crippen molar-refractivity contribution >= 4 is 17.5 Å². The summed E-state index contributed by atoms with van der Waals surface area (Å²) < 4.78 is 0. The lowest BCUT2D eigenvalue weighted by Crippen LogP contribution is -2.31. The molecule has 1 heterocycles. The zero-order chi connectivity index (χ0) is 25.5. The molecule has 0 radical (unpaired) electrons. The fourth-order valence-electron chi connectivity index (χ4n) is 4.12. The summed E-state index contributed by atoms with van der Waals surface area (Å²) in [7, 11) is 0. The summed E-state index contributed by atoms with van der Waals surface area (Å²) in [6, 6.07) is 22.0. The molecule has 0 saturated heterocycles. The number of nitrogens with zero attached hydrogens (tertiary/aromatic N) is 1. The molecule has 0 unspecified atom stereocenters. The third kappa shape index (κ3) is 5.61. The molecule has 8 nitrogen and oxygen atoms in total. The van der Waals surface area contributed by atoms with Gasteiger partial charge in [0.15, 0.2) is 0 Å². The van der Waals surface area contributed by atoms with E-state index < -0.39 is 11.9 Å². The van der Waals surface area contributed by atoms with Gasteiger partial charge in [-0.25, -0.2) is 4.98 Å². The number of hydrogen-bond donors (Lipinski definition) is 5. The van der Waals surface area contributed by atoms with Crippen LogP contribution in [-0.4, -0.2) is 28.3 Å². The predicted octanol–water partition coefficient (Wildman–Crippen LogP) is 3.78. The molecule has 0 aliphatic carbocycles. The highest BCUT2D eigenvalue weighted by molar-refractivity contribution is 6.00. The number of anilines is 1. The average molecular weight is 483 g/mol. The number of primary amides is 1. The summed E-state index contributed by atoms with van der Waals surface area (Å²) in [5.74, 6) is -0.0716. The number of rotatable bonds is 10. The van der Waals surface area contributed by atoms with E-state index in [0.717, 1.165) is 22.4 Å². The molecule has 3 aromatic carbocycles. The summed E-state index contributed by atoms with van der Waals surface area (Å²) in [4.78, 5) is 32.9. The molecule has 0 bridgehead atoms. The Kier molecular flexibility index (Phi) is 7.77. The number of benzene rings is 3. The number of hydrogen-bond acceptors (Lipinski definition) is 5. The molecule has 0 aliphatic heterocycles. The lowest BCUT2D eigenvalue weighted by Gasteiger charge is -2.20. The van der Waals surface area contributed by atoms with Crippen LogP contribution in [0, 0.1) is 0 Å². The van der Waals surface area contributed by atoms with E-state index in [0.29, 0.717) is 42.2 Å². The highest BCUT2D eigenvalue weighted by Gasteiger charge is 2.22. The predicted molar refractivity (Wildman–Crippen MR) is 141 cm³/mol. The topological polar surface area (TPSA) is 139 Å². The second-order valence-corrected chi connectivity index (χ2v) is 8.40. The van der Waals surface area contributed by atoms with E-state index in [4.69, 9.17) is 16.5 Å². The molecule has 0 fully saturated rings. The first-order chi connectivity index (χ1) is 17.5. The second kappa shape index (κ2) is 11.3. The smallest absolute Gasteiger partial charge is 0.253 e. The van der Waals surface area contributed by atoms with Crippen LogP contribution in [0.3, 0.4) is 0 Å². The number of aromatic amines is 1. The van der Waals surface area contributed by atoms with Gasteiger partial charge in [0, 0.05) is 30.4 Å². The van der Waals surface area contributed by atoms with Crippen LogP contribution in [0.4, 0.5) is 5.69 Å². The van der Waals surface area contributed by atoms with E-state index >= 15 is 0 Å². The van der Waals surface area contributed by atoms with E-state index in [-0.39, 0.29) is 5.91 Å². The number of aromatic nitrogens is 2. The Labute approximate surface area is 210 Å². The van der Waals surface area contributed by atoms with Gasteiger partial charge in [0.05, 0.1) is 23.0 Å². The highest BCUT2D eigenvalue weighted by atomic mass is 16.2. The molecule has 7 N–H and O–H groups in total. The molecule has 8 heteroatoms. The molecule has 1 aromatic heterocycles. The number of carbonyl (C=O) groups excluding carboxylic acids is 2. The van der Waals surface area contributed by atoms with Crippen molar-refractivity contribution in [2.45, 2.75) is 25.9 Å². The van der Waals surface area contributed by atoms with E-state index in [9.17, 15) is 9.59 Å². The fourth-order valence-corrected chi connectivity index (χ4v) is 4.12. The first-order valence-electron chi connectivity index (χ1n) is 11.9. The molecular formula is C28H30N6O2. The SMILES string of the molecule is CCNc1c(CN)cccc1C(=O)N[C@@H](Cc1ccccc1)c1nc(-c2ccc(C(N)=O)cc2)c[nH]1. The minimum Gasteiger partial charge on any atom is -0.384 e. The van der Waals surface area contributed by atoms with Crippen molar-refractivity contribution in [3.8, 4) is 11.3 Å². The van der Waals surface area contributed by atoms with Crippen LogP contribution in [0.2, 0.25) is 0 Å². The average Bonchev–Trinajstić information content (AvgIpc) is 3.39. The number of imidazole rings is 1. The Hall–Kier alpha value is -4.43. The van der Waals surface area contributed by atoms with Gasteiger partial charge in [0.1, 0.15) is 5.82 Å². The maximum Gasteiger partial charge on any atom is 0.253 e. The third-order valence-corrected chi connectivity index (χ3v) is 5.95. The molecule has 184 valence electrons. The van der Waals surface area contributed by atoms with Crippen molar-refractivity contribution in [3.63, 3.8) is 0 Å². The standard InChI is InChI=1S/C28H30N6O2/c1-2-31-25-21(16-29)9-6-10-22(25)28(36)34-23(15-18-7-4-3-5-8-18)27-32-17-24(33-27)19-11-13-20(14-12-19)26(30)35/h3-14,17,23,31H,2,15-16,29H2,1H3,(H2,30,35)(H,32,33)(H,34,36)/t23-/m0/s1. The number of nitrogens with two attached hydrogens (primary N) is 2. The van der Waals surface area contributed by atoms with Crippen LogP contribution in [0.15, 0.2) is 79.0 Å². The third-order valence-electron chi connectivity index (χ3n) is 5.95. The quantitative estimate of drug-likeness (QED) is 0.234. The number of H-pyrrole nitrogens is 1. The fraction of sp³-hybridized carbons (Fsp3) is 0.179. The van der Waals surface area contributed by atoms with Crippen LogP contribution in [0.25, 0.3) is 11.3 Å². The minimum absolute atomic E-state index is 0.217. The van der Waals surface area contributed by atoms with Gasteiger partial charge in [-0.15, -0.1) is 0 Å². The van der Waals surface area contributed by atoms with Gasteiger partial charge in [0.25, 0.3) is 5.91 Å². The van der Waals surface area contributed by atoms with Crippen molar-refractivity contribution in [2.24, 2.45) is 11.5 Å². The normalized spacial score (nSPS) is 11.6. The van der Waals surface area contributed by atoms with Crippen molar-refractivity contribution < 1.29 is 9.59 Å². The summed E-state index contributed by atoms with van der Waals surface area (Å²) in [6.45, 7) is 2.97. The molecule has 0 spiro atoms. The minimum atomic E-state index is -0.481. The Morgan fingerprint density at radius 1 is 1.00 bits per heavy atom. The second-order valence-electron chi connectivity index (χ2n) is 8.40. The molecule has 4 rings (SSSR count). The maximum atomic E-state index is 13.5. The summed E-state index contributed by atoms with van der Waals surface area (Å²) in [5, 5.41) is 6.44. The zero-order valence-corrected chi connectivity index (χ0v) is 20.1. The molecule has 0 aliphatic rings. The van der Waals surface area contributed by atoms with Crippen LogP contribution < -0.4 is 22.1 Å². The number of carbonyl (C=O) groups is 2. The Morgan fingerprint density at radius 3 is 2.42 bits per heavy atom. The molecular weight excluding hydrogens is 452 g/mol. The number of nitrogens with one attached hydrogen (secondary N) is 3.